The summed E-state index contributed by atoms with van der Waals surface area (Å²) in [5.41, 5.74) is 1.13. The molecule has 0 bridgehead atoms. The van der Waals surface area contributed by atoms with Gasteiger partial charge in [-0.25, -0.2) is 0 Å². The average molecular weight is 369 g/mol. The van der Waals surface area contributed by atoms with Crippen molar-refractivity contribution in [3.63, 3.8) is 0 Å². The van der Waals surface area contributed by atoms with Crippen LogP contribution >= 0.6 is 15.9 Å². The molecule has 1 aromatic carbocycles. The molecule has 7 heteroatoms. The Labute approximate surface area is 136 Å². The molecule has 0 fully saturated rings. The fraction of sp³-hybridized carbons (Fsp3) is 0.267. The highest BCUT2D eigenvalue weighted by molar-refractivity contribution is 9.10. The molecular formula is C15H17BrN2O4. The van der Waals surface area contributed by atoms with Crippen molar-refractivity contribution >= 4 is 21.8 Å². The second kappa shape index (κ2) is 7.98. The van der Waals surface area contributed by atoms with Gasteiger partial charge in [-0.3, -0.25) is 4.79 Å². The quantitative estimate of drug-likeness (QED) is 0.654. The van der Waals surface area contributed by atoms with Gasteiger partial charge in [0, 0.05) is 24.3 Å². The van der Waals surface area contributed by atoms with Gasteiger partial charge in [0.15, 0.2) is 6.79 Å². The Morgan fingerprint density at radius 1 is 1.41 bits per heavy atom. The Balaban J connectivity index is 1.86. The second-order valence-corrected chi connectivity index (χ2v) is 5.49. The molecule has 1 atom stereocenters. The van der Waals surface area contributed by atoms with Crippen LogP contribution in [-0.2, 0) is 4.74 Å². The molecular weight excluding hydrogens is 352 g/mol. The fourth-order valence-corrected chi connectivity index (χ4v) is 2.16. The number of amides is 1. The molecule has 3 N–H and O–H groups in total. The third kappa shape index (κ3) is 4.59. The lowest BCUT2D eigenvalue weighted by molar-refractivity contribution is 0.0510. The first kappa shape index (κ1) is 16.5. The van der Waals surface area contributed by atoms with Crippen LogP contribution in [0.5, 0.6) is 5.75 Å². The van der Waals surface area contributed by atoms with Crippen molar-refractivity contribution in [1.82, 2.24) is 10.3 Å². The van der Waals surface area contributed by atoms with Crippen LogP contribution in [0.4, 0.5) is 0 Å². The molecule has 0 saturated heterocycles. The summed E-state index contributed by atoms with van der Waals surface area (Å²) in [5, 5.41) is 12.8. The molecule has 0 spiro atoms. The van der Waals surface area contributed by atoms with Crippen LogP contribution in [-0.4, -0.2) is 36.4 Å². The third-order valence-corrected chi connectivity index (χ3v) is 3.41. The maximum Gasteiger partial charge on any atom is 0.267 e. The Bertz CT molecular complexity index is 612. The maximum absolute atomic E-state index is 11.9. The largest absolute Gasteiger partial charge is 0.468 e. The van der Waals surface area contributed by atoms with Gasteiger partial charge < -0.3 is 24.9 Å². The SMILES string of the molecule is COCOc1ccc(C(O)CNC(=O)c2cc(Br)c[nH]2)cc1. The van der Waals surface area contributed by atoms with Crippen molar-refractivity contribution in [1.29, 1.82) is 0 Å². The number of carbonyl (C=O) groups is 1. The van der Waals surface area contributed by atoms with E-state index in [0.29, 0.717) is 17.0 Å². The van der Waals surface area contributed by atoms with Gasteiger partial charge in [0.25, 0.3) is 5.91 Å². The number of aliphatic hydroxyl groups excluding tert-OH is 1. The van der Waals surface area contributed by atoms with E-state index >= 15 is 0 Å². The van der Waals surface area contributed by atoms with E-state index in [1.807, 2.05) is 0 Å². The molecule has 1 amide bonds. The lowest BCUT2D eigenvalue weighted by Gasteiger charge is -2.12. The number of nitrogens with one attached hydrogen (secondary N) is 2. The number of ether oxygens (including phenoxy) is 2. The van der Waals surface area contributed by atoms with Gasteiger partial charge in [0.1, 0.15) is 11.4 Å². The molecule has 0 radical (unpaired) electrons. The van der Waals surface area contributed by atoms with Gasteiger partial charge in [-0.15, -0.1) is 0 Å². The third-order valence-electron chi connectivity index (χ3n) is 2.96. The normalized spacial score (nSPS) is 12.0. The minimum atomic E-state index is -0.793. The molecule has 6 nitrogen and oxygen atoms in total. The van der Waals surface area contributed by atoms with E-state index in [0.717, 1.165) is 4.47 Å². The molecule has 0 aliphatic carbocycles. The average Bonchev–Trinajstić information content (AvgIpc) is 2.97. The number of methoxy groups -OCH3 is 1. The smallest absolute Gasteiger partial charge is 0.267 e. The Kier molecular flexibility index (Phi) is 6.00. The zero-order chi connectivity index (χ0) is 15.9. The molecule has 2 aromatic rings. The van der Waals surface area contributed by atoms with Crippen molar-refractivity contribution in [3.05, 3.63) is 52.3 Å². The van der Waals surface area contributed by atoms with Gasteiger partial charge in [-0.2, -0.15) is 0 Å². The minimum Gasteiger partial charge on any atom is -0.468 e. The summed E-state index contributed by atoms with van der Waals surface area (Å²) in [6.45, 7) is 0.289. The summed E-state index contributed by atoms with van der Waals surface area (Å²) >= 11 is 3.26. The number of aromatic nitrogens is 1. The number of rotatable bonds is 7. The lowest BCUT2D eigenvalue weighted by Crippen LogP contribution is -2.28. The summed E-state index contributed by atoms with van der Waals surface area (Å²) in [7, 11) is 1.55. The summed E-state index contributed by atoms with van der Waals surface area (Å²) in [5.74, 6) is 0.378. The minimum absolute atomic E-state index is 0.119. The van der Waals surface area contributed by atoms with Crippen molar-refractivity contribution in [2.45, 2.75) is 6.10 Å². The Morgan fingerprint density at radius 3 is 2.73 bits per heavy atom. The van der Waals surface area contributed by atoms with Crippen LogP contribution in [0.1, 0.15) is 22.2 Å². The van der Waals surface area contributed by atoms with Crippen LogP contribution < -0.4 is 10.1 Å². The predicted octanol–water partition coefficient (Wildman–Crippen LogP) is 2.22. The number of hydrogen-bond donors (Lipinski definition) is 3. The van der Waals surface area contributed by atoms with Gasteiger partial charge >= 0.3 is 0 Å². The first-order valence-electron chi connectivity index (χ1n) is 6.62. The predicted molar refractivity (Wildman–Crippen MR) is 84.7 cm³/mol. The summed E-state index contributed by atoms with van der Waals surface area (Å²) in [4.78, 5) is 14.7. The van der Waals surface area contributed by atoms with Crippen LogP contribution in [0.2, 0.25) is 0 Å². The van der Waals surface area contributed by atoms with E-state index in [9.17, 15) is 9.90 Å². The zero-order valence-corrected chi connectivity index (χ0v) is 13.6. The van der Waals surface area contributed by atoms with Gasteiger partial charge in [0.05, 0.1) is 6.10 Å². The second-order valence-electron chi connectivity index (χ2n) is 4.58. The first-order chi connectivity index (χ1) is 10.6. The molecule has 0 aliphatic heterocycles. The molecule has 0 saturated carbocycles. The van der Waals surface area contributed by atoms with Crippen LogP contribution in [0.15, 0.2) is 41.0 Å². The van der Waals surface area contributed by atoms with E-state index in [4.69, 9.17) is 9.47 Å². The monoisotopic (exact) mass is 368 g/mol. The van der Waals surface area contributed by atoms with Gasteiger partial charge in [0.2, 0.25) is 0 Å². The van der Waals surface area contributed by atoms with E-state index in [1.54, 1.807) is 43.6 Å². The van der Waals surface area contributed by atoms with Gasteiger partial charge in [-0.1, -0.05) is 12.1 Å². The zero-order valence-electron chi connectivity index (χ0n) is 12.0. The number of aromatic amines is 1. The molecule has 1 unspecified atom stereocenters. The van der Waals surface area contributed by atoms with Crippen LogP contribution in [0.3, 0.4) is 0 Å². The molecule has 22 heavy (non-hydrogen) atoms. The number of aliphatic hydroxyl groups is 1. The molecule has 0 aliphatic rings. The standard InChI is InChI=1S/C15H17BrN2O4/c1-21-9-22-12-4-2-10(3-5-12)14(19)8-18-15(20)13-6-11(16)7-17-13/h2-7,14,17,19H,8-9H2,1H3,(H,18,20). The van der Waals surface area contributed by atoms with E-state index in [2.05, 4.69) is 26.2 Å². The highest BCUT2D eigenvalue weighted by Crippen LogP contribution is 2.17. The lowest BCUT2D eigenvalue weighted by atomic mass is 10.1. The van der Waals surface area contributed by atoms with Gasteiger partial charge in [-0.05, 0) is 39.7 Å². The van der Waals surface area contributed by atoms with Crippen LogP contribution in [0.25, 0.3) is 0 Å². The van der Waals surface area contributed by atoms with Crippen LogP contribution in [0, 0.1) is 0 Å². The molecule has 2 rings (SSSR count). The number of carbonyl (C=O) groups excluding carboxylic acids is 1. The first-order valence-corrected chi connectivity index (χ1v) is 7.41. The van der Waals surface area contributed by atoms with Crippen molar-refractivity contribution in [2.24, 2.45) is 0 Å². The molecule has 118 valence electrons. The fourth-order valence-electron chi connectivity index (χ4n) is 1.81. The molecule has 1 aromatic heterocycles. The van der Waals surface area contributed by atoms with Crippen molar-refractivity contribution in [3.8, 4) is 5.75 Å². The summed E-state index contributed by atoms with van der Waals surface area (Å²) < 4.78 is 10.9. The summed E-state index contributed by atoms with van der Waals surface area (Å²) in [6, 6.07) is 8.63. The van der Waals surface area contributed by atoms with Crippen molar-refractivity contribution < 1.29 is 19.4 Å². The van der Waals surface area contributed by atoms with E-state index in [1.165, 1.54) is 0 Å². The number of hydrogen-bond acceptors (Lipinski definition) is 4. The topological polar surface area (TPSA) is 83.6 Å². The number of benzene rings is 1. The Hall–Kier alpha value is -1.83. The highest BCUT2D eigenvalue weighted by atomic mass is 79.9. The summed E-state index contributed by atoms with van der Waals surface area (Å²) in [6.07, 6.45) is 0.878. The maximum atomic E-state index is 11.9. The number of halogens is 1. The Morgan fingerprint density at radius 2 is 2.14 bits per heavy atom. The van der Waals surface area contributed by atoms with E-state index < -0.39 is 6.10 Å². The van der Waals surface area contributed by atoms with Crippen molar-refractivity contribution in [2.75, 3.05) is 20.4 Å². The highest BCUT2D eigenvalue weighted by Gasteiger charge is 2.12. The number of H-pyrrole nitrogens is 1. The van der Waals surface area contributed by atoms with E-state index in [-0.39, 0.29) is 19.2 Å². The molecule has 1 heterocycles.